The lowest BCUT2D eigenvalue weighted by Crippen LogP contribution is -2.34. The van der Waals surface area contributed by atoms with E-state index in [0.29, 0.717) is 0 Å². The molecule has 1 saturated heterocycles. The van der Waals surface area contributed by atoms with Crippen LogP contribution in [-0.4, -0.2) is 36.7 Å². The van der Waals surface area contributed by atoms with Crippen LogP contribution in [0.5, 0.6) is 5.75 Å². The van der Waals surface area contributed by atoms with E-state index in [0.717, 1.165) is 37.7 Å². The topological polar surface area (TPSA) is 35.5 Å². The number of hydrogen-bond donors (Lipinski definition) is 2. The Morgan fingerprint density at radius 2 is 2.11 bits per heavy atom. The molecule has 0 bridgehead atoms. The summed E-state index contributed by atoms with van der Waals surface area (Å²) in [5, 5.41) is 12.4. The van der Waals surface area contributed by atoms with E-state index in [1.165, 1.54) is 31.4 Å². The predicted molar refractivity (Wildman–Crippen MR) is 74.6 cm³/mol. The number of hydrogen-bond acceptors (Lipinski definition) is 3. The third-order valence-electron chi connectivity index (χ3n) is 3.93. The lowest BCUT2D eigenvalue weighted by Gasteiger charge is -2.32. The van der Waals surface area contributed by atoms with Crippen LogP contribution in [0.3, 0.4) is 0 Å². The van der Waals surface area contributed by atoms with Gasteiger partial charge in [-0.2, -0.15) is 0 Å². The zero-order valence-electron chi connectivity index (χ0n) is 11.5. The summed E-state index contributed by atoms with van der Waals surface area (Å²) in [6.45, 7) is 4.03. The molecule has 1 aromatic carbocycles. The maximum Gasteiger partial charge on any atom is 0.165 e. The number of benzene rings is 1. The van der Waals surface area contributed by atoms with Gasteiger partial charge in [-0.3, -0.25) is 4.90 Å². The molecule has 3 nitrogen and oxygen atoms in total. The second-order valence-corrected chi connectivity index (χ2v) is 5.40. The van der Waals surface area contributed by atoms with Gasteiger partial charge in [0.1, 0.15) is 0 Å². The second-order valence-electron chi connectivity index (χ2n) is 5.40. The average molecular weight is 266 g/mol. The number of halogens is 1. The fourth-order valence-corrected chi connectivity index (χ4v) is 2.69. The summed E-state index contributed by atoms with van der Waals surface area (Å²) in [6.07, 6.45) is 3.70. The molecule has 0 aliphatic carbocycles. The van der Waals surface area contributed by atoms with E-state index in [2.05, 4.69) is 10.2 Å². The van der Waals surface area contributed by atoms with Crippen molar-refractivity contribution in [2.45, 2.75) is 25.8 Å². The first-order valence-corrected chi connectivity index (χ1v) is 7.03. The molecule has 106 valence electrons. The summed E-state index contributed by atoms with van der Waals surface area (Å²) in [6, 6.07) is 4.66. The third-order valence-corrected chi connectivity index (χ3v) is 3.93. The van der Waals surface area contributed by atoms with Crippen molar-refractivity contribution in [1.29, 1.82) is 0 Å². The molecule has 0 atom stereocenters. The molecule has 0 aromatic heterocycles. The van der Waals surface area contributed by atoms with Crippen molar-refractivity contribution in [3.05, 3.63) is 29.6 Å². The molecule has 4 heteroatoms. The fourth-order valence-electron chi connectivity index (χ4n) is 2.69. The SMILES string of the molecule is CNCCC1CCN(Cc2ccc(O)c(F)c2)CC1. The molecular formula is C15H23FN2O. The number of nitrogens with zero attached hydrogens (tertiary/aromatic N) is 1. The highest BCUT2D eigenvalue weighted by Gasteiger charge is 2.18. The summed E-state index contributed by atoms with van der Waals surface area (Å²) < 4.78 is 13.3. The van der Waals surface area contributed by atoms with Gasteiger partial charge in [0.25, 0.3) is 0 Å². The Hall–Kier alpha value is -1.13. The number of likely N-dealkylation sites (tertiary alicyclic amines) is 1. The van der Waals surface area contributed by atoms with Gasteiger partial charge < -0.3 is 10.4 Å². The first kappa shape index (κ1) is 14.3. The van der Waals surface area contributed by atoms with E-state index in [9.17, 15) is 9.50 Å². The Kier molecular flexibility index (Phi) is 5.16. The minimum atomic E-state index is -0.526. The summed E-state index contributed by atoms with van der Waals surface area (Å²) in [5.74, 6) is 0.0242. The molecule has 2 N–H and O–H groups in total. The summed E-state index contributed by atoms with van der Waals surface area (Å²) in [5.41, 5.74) is 0.934. The molecule has 0 amide bonds. The van der Waals surface area contributed by atoms with Crippen LogP contribution >= 0.6 is 0 Å². The van der Waals surface area contributed by atoms with Crippen molar-refractivity contribution in [2.24, 2.45) is 5.92 Å². The van der Waals surface area contributed by atoms with Crippen molar-refractivity contribution < 1.29 is 9.50 Å². The van der Waals surface area contributed by atoms with Crippen LogP contribution in [0.15, 0.2) is 18.2 Å². The van der Waals surface area contributed by atoms with Gasteiger partial charge in [-0.25, -0.2) is 4.39 Å². The molecule has 0 saturated carbocycles. The van der Waals surface area contributed by atoms with Gasteiger partial charge in [-0.1, -0.05) is 6.07 Å². The summed E-state index contributed by atoms with van der Waals surface area (Å²) >= 11 is 0. The molecule has 1 aromatic rings. The van der Waals surface area contributed by atoms with E-state index in [4.69, 9.17) is 0 Å². The fraction of sp³-hybridized carbons (Fsp3) is 0.600. The van der Waals surface area contributed by atoms with Gasteiger partial charge in [-0.15, -0.1) is 0 Å². The number of phenols is 1. The summed E-state index contributed by atoms with van der Waals surface area (Å²) in [4.78, 5) is 2.36. The van der Waals surface area contributed by atoms with Crippen LogP contribution in [-0.2, 0) is 6.54 Å². The Morgan fingerprint density at radius 1 is 1.37 bits per heavy atom. The normalized spacial score (nSPS) is 17.8. The lowest BCUT2D eigenvalue weighted by molar-refractivity contribution is 0.172. The maximum absolute atomic E-state index is 13.3. The Bertz CT molecular complexity index is 403. The van der Waals surface area contributed by atoms with Crippen molar-refractivity contribution in [3.63, 3.8) is 0 Å². The zero-order valence-corrected chi connectivity index (χ0v) is 11.5. The maximum atomic E-state index is 13.3. The van der Waals surface area contributed by atoms with E-state index < -0.39 is 5.82 Å². The minimum absolute atomic E-state index is 0.269. The number of aromatic hydroxyl groups is 1. The van der Waals surface area contributed by atoms with E-state index >= 15 is 0 Å². The van der Waals surface area contributed by atoms with Crippen molar-refractivity contribution >= 4 is 0 Å². The average Bonchev–Trinajstić information content (AvgIpc) is 2.42. The van der Waals surface area contributed by atoms with Crippen LogP contribution in [0.25, 0.3) is 0 Å². The Balaban J connectivity index is 1.80. The number of phenolic OH excluding ortho intramolecular Hbond substituents is 1. The highest BCUT2D eigenvalue weighted by Crippen LogP contribution is 2.23. The van der Waals surface area contributed by atoms with Crippen LogP contribution in [0.2, 0.25) is 0 Å². The standard InChI is InChI=1S/C15H23FN2O/c1-17-7-4-12-5-8-18(9-6-12)11-13-2-3-15(19)14(16)10-13/h2-3,10,12,17,19H,4-9,11H2,1H3. The minimum Gasteiger partial charge on any atom is -0.505 e. The third kappa shape index (κ3) is 4.18. The Morgan fingerprint density at radius 3 is 2.74 bits per heavy atom. The predicted octanol–water partition coefficient (Wildman–Crippen LogP) is 2.35. The zero-order chi connectivity index (χ0) is 13.7. The van der Waals surface area contributed by atoms with Crippen LogP contribution in [0, 0.1) is 11.7 Å². The van der Waals surface area contributed by atoms with Gasteiger partial charge in [0, 0.05) is 6.54 Å². The molecule has 1 aliphatic heterocycles. The monoisotopic (exact) mass is 266 g/mol. The van der Waals surface area contributed by atoms with E-state index in [-0.39, 0.29) is 5.75 Å². The first-order valence-electron chi connectivity index (χ1n) is 7.03. The van der Waals surface area contributed by atoms with Crippen molar-refractivity contribution in [2.75, 3.05) is 26.7 Å². The smallest absolute Gasteiger partial charge is 0.165 e. The molecule has 1 heterocycles. The highest BCUT2D eigenvalue weighted by atomic mass is 19.1. The first-order chi connectivity index (χ1) is 9.19. The highest BCUT2D eigenvalue weighted by molar-refractivity contribution is 5.27. The molecule has 0 radical (unpaired) electrons. The van der Waals surface area contributed by atoms with Crippen molar-refractivity contribution in [1.82, 2.24) is 10.2 Å². The van der Waals surface area contributed by atoms with Crippen LogP contribution in [0.1, 0.15) is 24.8 Å². The molecule has 1 fully saturated rings. The van der Waals surface area contributed by atoms with Gasteiger partial charge in [0.2, 0.25) is 0 Å². The largest absolute Gasteiger partial charge is 0.505 e. The van der Waals surface area contributed by atoms with Gasteiger partial charge in [0.05, 0.1) is 0 Å². The molecule has 1 aliphatic rings. The van der Waals surface area contributed by atoms with Gasteiger partial charge >= 0.3 is 0 Å². The van der Waals surface area contributed by atoms with Crippen LogP contribution < -0.4 is 5.32 Å². The van der Waals surface area contributed by atoms with Crippen LogP contribution in [0.4, 0.5) is 4.39 Å². The van der Waals surface area contributed by atoms with Gasteiger partial charge in [-0.05, 0) is 69.6 Å². The molecular weight excluding hydrogens is 243 g/mol. The molecule has 19 heavy (non-hydrogen) atoms. The van der Waals surface area contributed by atoms with Crippen molar-refractivity contribution in [3.8, 4) is 5.75 Å². The summed E-state index contributed by atoms with van der Waals surface area (Å²) in [7, 11) is 1.99. The quantitative estimate of drug-likeness (QED) is 0.859. The van der Waals surface area contributed by atoms with Gasteiger partial charge in [0.15, 0.2) is 11.6 Å². The second kappa shape index (κ2) is 6.87. The Labute approximate surface area is 114 Å². The molecule has 2 rings (SSSR count). The number of nitrogens with one attached hydrogen (secondary N) is 1. The molecule has 0 spiro atoms. The van der Waals surface area contributed by atoms with E-state index in [1.54, 1.807) is 6.07 Å². The number of rotatable bonds is 5. The molecule has 0 unspecified atom stereocenters. The van der Waals surface area contributed by atoms with E-state index in [1.807, 2.05) is 7.05 Å². The number of piperidine rings is 1. The lowest BCUT2D eigenvalue weighted by atomic mass is 9.93.